The van der Waals surface area contributed by atoms with E-state index in [0.29, 0.717) is 56.9 Å². The van der Waals surface area contributed by atoms with E-state index in [-0.39, 0.29) is 24.1 Å². The molecule has 6 rings (SSSR count). The zero-order valence-corrected chi connectivity index (χ0v) is 22.1. The van der Waals surface area contributed by atoms with Crippen molar-refractivity contribution in [1.82, 2.24) is 14.4 Å². The highest BCUT2D eigenvalue weighted by Crippen LogP contribution is 2.48. The van der Waals surface area contributed by atoms with Gasteiger partial charge in [-0.05, 0) is 55.2 Å². The minimum absolute atomic E-state index is 0.0105. The van der Waals surface area contributed by atoms with Gasteiger partial charge in [0, 0.05) is 66.5 Å². The van der Waals surface area contributed by atoms with Gasteiger partial charge in [-0.25, -0.2) is 4.79 Å². The number of hydrogen-bond donors (Lipinski definition) is 1. The molecule has 3 aliphatic rings. The molecule has 2 fully saturated rings. The average molecular weight is 532 g/mol. The Morgan fingerprint density at radius 1 is 1.21 bits per heavy atom. The fourth-order valence-electron chi connectivity index (χ4n) is 6.23. The number of anilines is 1. The number of unbranched alkanes of at least 4 members (excludes halogenated alkanes) is 1. The SMILES string of the molecule is CN(C(=O)N1CC2(C1)C(=O)N(Cc1cc3cc(Cl)ccc3n1CCCC#N)c1ccccc12)C1CC(O)C1. The summed E-state index contributed by atoms with van der Waals surface area (Å²) in [5, 5.41) is 20.4. The molecule has 1 N–H and O–H groups in total. The summed E-state index contributed by atoms with van der Waals surface area (Å²) in [6, 6.07) is 17.9. The van der Waals surface area contributed by atoms with Gasteiger partial charge in [0.2, 0.25) is 5.91 Å². The van der Waals surface area contributed by atoms with Crippen LogP contribution in [0.3, 0.4) is 0 Å². The average Bonchev–Trinajstić information content (AvgIpc) is 3.32. The van der Waals surface area contributed by atoms with E-state index in [9.17, 15) is 14.7 Å². The Labute approximate surface area is 226 Å². The summed E-state index contributed by atoms with van der Waals surface area (Å²) >= 11 is 6.27. The largest absolute Gasteiger partial charge is 0.393 e. The Morgan fingerprint density at radius 2 is 1.97 bits per heavy atom. The first-order valence-corrected chi connectivity index (χ1v) is 13.5. The Hall–Kier alpha value is -3.54. The number of urea groups is 1. The first kappa shape index (κ1) is 24.8. The van der Waals surface area contributed by atoms with Gasteiger partial charge in [0.15, 0.2) is 0 Å². The molecule has 3 heterocycles. The van der Waals surface area contributed by atoms with Crippen LogP contribution in [0.2, 0.25) is 5.02 Å². The van der Waals surface area contributed by atoms with E-state index in [0.717, 1.165) is 27.8 Å². The first-order chi connectivity index (χ1) is 18.3. The highest BCUT2D eigenvalue weighted by Gasteiger charge is 2.59. The summed E-state index contributed by atoms with van der Waals surface area (Å²) in [4.78, 5) is 32.5. The van der Waals surface area contributed by atoms with E-state index < -0.39 is 5.41 Å². The molecule has 1 aliphatic carbocycles. The number of aromatic nitrogens is 1. The molecule has 0 unspecified atom stereocenters. The molecule has 9 heteroatoms. The predicted molar refractivity (Wildman–Crippen MR) is 145 cm³/mol. The molecule has 8 nitrogen and oxygen atoms in total. The van der Waals surface area contributed by atoms with Crippen LogP contribution in [0.1, 0.15) is 36.9 Å². The van der Waals surface area contributed by atoms with Crippen molar-refractivity contribution in [2.45, 2.75) is 56.3 Å². The molecule has 1 saturated carbocycles. The second-order valence-electron chi connectivity index (χ2n) is 10.8. The molecule has 1 aromatic heterocycles. The highest BCUT2D eigenvalue weighted by molar-refractivity contribution is 6.31. The van der Waals surface area contributed by atoms with Gasteiger partial charge in [-0.1, -0.05) is 29.8 Å². The molecule has 1 spiro atoms. The lowest BCUT2D eigenvalue weighted by Crippen LogP contribution is -2.68. The van der Waals surface area contributed by atoms with Gasteiger partial charge in [0.25, 0.3) is 0 Å². The number of nitrogens with zero attached hydrogens (tertiary/aromatic N) is 5. The summed E-state index contributed by atoms with van der Waals surface area (Å²) < 4.78 is 2.18. The van der Waals surface area contributed by atoms with Gasteiger partial charge in [0.05, 0.1) is 18.7 Å². The lowest BCUT2D eigenvalue weighted by molar-refractivity contribution is -0.128. The van der Waals surface area contributed by atoms with E-state index in [1.54, 1.807) is 16.8 Å². The maximum Gasteiger partial charge on any atom is 0.320 e. The number of carbonyl (C=O) groups is 2. The zero-order valence-electron chi connectivity index (χ0n) is 21.3. The predicted octanol–water partition coefficient (Wildman–Crippen LogP) is 4.27. The topological polar surface area (TPSA) is 92.8 Å². The molecule has 196 valence electrons. The summed E-state index contributed by atoms with van der Waals surface area (Å²) in [6.07, 6.45) is 2.04. The highest BCUT2D eigenvalue weighted by atomic mass is 35.5. The third kappa shape index (κ3) is 3.84. The number of aryl methyl sites for hydroxylation is 1. The van der Waals surface area contributed by atoms with Gasteiger partial charge in [0.1, 0.15) is 5.41 Å². The quantitative estimate of drug-likeness (QED) is 0.481. The van der Waals surface area contributed by atoms with Crippen LogP contribution in [-0.2, 0) is 23.3 Å². The van der Waals surface area contributed by atoms with E-state index >= 15 is 0 Å². The van der Waals surface area contributed by atoms with Crippen molar-refractivity contribution in [2.75, 3.05) is 25.0 Å². The molecule has 2 aromatic carbocycles. The fraction of sp³-hybridized carbons (Fsp3) is 0.414. The van der Waals surface area contributed by atoms with Crippen LogP contribution in [0, 0.1) is 11.3 Å². The van der Waals surface area contributed by atoms with Crippen molar-refractivity contribution in [3.8, 4) is 6.07 Å². The van der Waals surface area contributed by atoms with E-state index in [1.165, 1.54) is 0 Å². The lowest BCUT2D eigenvalue weighted by Gasteiger charge is -2.50. The van der Waals surface area contributed by atoms with Crippen LogP contribution < -0.4 is 4.90 Å². The molecular weight excluding hydrogens is 502 g/mol. The molecule has 3 aromatic rings. The number of nitriles is 1. The lowest BCUT2D eigenvalue weighted by atomic mass is 9.74. The van der Waals surface area contributed by atoms with Gasteiger partial charge in [-0.15, -0.1) is 0 Å². The molecule has 0 atom stereocenters. The second kappa shape index (κ2) is 9.33. The van der Waals surface area contributed by atoms with E-state index in [2.05, 4.69) is 16.7 Å². The van der Waals surface area contributed by atoms with Crippen LogP contribution >= 0.6 is 11.6 Å². The Morgan fingerprint density at radius 3 is 2.71 bits per heavy atom. The Kier molecular flexibility index (Phi) is 6.09. The van der Waals surface area contributed by atoms with Crippen molar-refractivity contribution in [2.24, 2.45) is 0 Å². The number of aliphatic hydroxyl groups is 1. The van der Waals surface area contributed by atoms with Gasteiger partial charge in [-0.3, -0.25) is 4.79 Å². The number of likely N-dealkylation sites (tertiary alicyclic amines) is 1. The van der Waals surface area contributed by atoms with Gasteiger partial charge < -0.3 is 24.4 Å². The minimum Gasteiger partial charge on any atom is -0.393 e. The van der Waals surface area contributed by atoms with Crippen molar-refractivity contribution < 1.29 is 14.7 Å². The number of carbonyl (C=O) groups excluding carboxylic acids is 2. The number of benzene rings is 2. The molecule has 0 radical (unpaired) electrons. The minimum atomic E-state index is -0.743. The van der Waals surface area contributed by atoms with Crippen molar-refractivity contribution in [1.29, 1.82) is 5.26 Å². The van der Waals surface area contributed by atoms with Crippen LogP contribution in [0.4, 0.5) is 10.5 Å². The summed E-state index contributed by atoms with van der Waals surface area (Å²) in [6.45, 7) is 1.76. The normalized spacial score (nSPS) is 21.3. The van der Waals surface area contributed by atoms with Crippen molar-refractivity contribution in [3.05, 3.63) is 64.8 Å². The third-order valence-corrected chi connectivity index (χ3v) is 8.67. The monoisotopic (exact) mass is 531 g/mol. The number of para-hydroxylation sites is 1. The molecule has 2 aliphatic heterocycles. The standard InChI is InChI=1S/C29H30ClN5O3/c1-32(21-14-23(36)15-21)28(38)33-17-29(18-33)24-6-2-3-7-26(24)35(27(29)37)16-22-13-19-12-20(30)8-9-25(19)34(22)11-5-4-10-31/h2-3,6-9,12-13,21,23,36H,4-5,11,14-18H2,1H3. The maximum absolute atomic E-state index is 14.1. The summed E-state index contributed by atoms with van der Waals surface area (Å²) in [5.41, 5.74) is 3.11. The number of amides is 3. The molecule has 0 bridgehead atoms. The number of halogens is 1. The number of fused-ring (bicyclic) bond motifs is 3. The Balaban J connectivity index is 1.27. The van der Waals surface area contributed by atoms with Crippen molar-refractivity contribution >= 4 is 40.1 Å². The van der Waals surface area contributed by atoms with Crippen LogP contribution in [0.5, 0.6) is 0 Å². The van der Waals surface area contributed by atoms with Gasteiger partial charge in [-0.2, -0.15) is 5.26 Å². The third-order valence-electron chi connectivity index (χ3n) is 8.43. The van der Waals surface area contributed by atoms with E-state index in [1.807, 2.05) is 47.4 Å². The van der Waals surface area contributed by atoms with Crippen molar-refractivity contribution in [3.63, 3.8) is 0 Å². The summed E-state index contributed by atoms with van der Waals surface area (Å²) in [7, 11) is 1.78. The molecule has 38 heavy (non-hydrogen) atoms. The Bertz CT molecular complexity index is 1460. The maximum atomic E-state index is 14.1. The fourth-order valence-corrected chi connectivity index (χ4v) is 6.41. The van der Waals surface area contributed by atoms with Gasteiger partial charge >= 0.3 is 6.03 Å². The molecular formula is C29H30ClN5O3. The molecule has 3 amide bonds. The second-order valence-corrected chi connectivity index (χ2v) is 11.2. The zero-order chi connectivity index (χ0) is 26.6. The van der Waals surface area contributed by atoms with E-state index in [4.69, 9.17) is 16.9 Å². The summed E-state index contributed by atoms with van der Waals surface area (Å²) in [5.74, 6) is 0.0105. The van der Waals surface area contributed by atoms with Crippen LogP contribution in [0.25, 0.3) is 10.9 Å². The number of rotatable bonds is 6. The van der Waals surface area contributed by atoms with Crippen LogP contribution in [0.15, 0.2) is 48.5 Å². The smallest absolute Gasteiger partial charge is 0.320 e. The molecule has 1 saturated heterocycles. The number of hydrogen-bond acceptors (Lipinski definition) is 4. The van der Waals surface area contributed by atoms with Crippen LogP contribution in [-0.4, -0.2) is 63.7 Å². The number of aliphatic hydroxyl groups excluding tert-OH is 1. The first-order valence-electron chi connectivity index (χ1n) is 13.1.